The van der Waals surface area contributed by atoms with Crippen LogP contribution in [-0.2, 0) is 4.79 Å². The number of nitro benzene ring substituents is 1. The number of nitro groups is 1. The van der Waals surface area contributed by atoms with Crippen LogP contribution in [0.25, 0.3) is 0 Å². The molecule has 128 valence electrons. The summed E-state index contributed by atoms with van der Waals surface area (Å²) in [5, 5.41) is 25.1. The van der Waals surface area contributed by atoms with Gasteiger partial charge in [0.25, 0.3) is 11.6 Å². The number of nitrogens with zero attached hydrogens (tertiary/aromatic N) is 2. The zero-order valence-electron chi connectivity index (χ0n) is 13.3. The Morgan fingerprint density at radius 2 is 1.88 bits per heavy atom. The molecular formula is C17H16N4O4. The molecule has 0 bridgehead atoms. The number of nitrogens with one attached hydrogen (secondary N) is 2. The van der Waals surface area contributed by atoms with E-state index in [0.717, 1.165) is 0 Å². The molecule has 1 amide bonds. The lowest BCUT2D eigenvalue weighted by molar-refractivity contribution is -0.384. The van der Waals surface area contributed by atoms with Gasteiger partial charge in [-0.3, -0.25) is 14.9 Å². The average molecular weight is 340 g/mol. The summed E-state index contributed by atoms with van der Waals surface area (Å²) in [5.41, 5.74) is 0.895. The molecule has 8 heteroatoms. The number of rotatable bonds is 8. The fourth-order valence-electron chi connectivity index (χ4n) is 2.01. The minimum Gasteiger partial charge on any atom is -0.484 e. The number of nitriles is 1. The smallest absolute Gasteiger partial charge is 0.292 e. The van der Waals surface area contributed by atoms with Crippen molar-refractivity contribution in [2.75, 3.05) is 25.0 Å². The highest BCUT2D eigenvalue weighted by molar-refractivity contribution is 5.77. The molecule has 2 rings (SSSR count). The van der Waals surface area contributed by atoms with E-state index in [2.05, 4.69) is 10.6 Å². The predicted octanol–water partition coefficient (Wildman–Crippen LogP) is 2.07. The Labute approximate surface area is 144 Å². The first-order valence-corrected chi connectivity index (χ1v) is 7.47. The number of hydrogen-bond acceptors (Lipinski definition) is 6. The molecule has 0 aliphatic heterocycles. The number of amides is 1. The van der Waals surface area contributed by atoms with Crippen molar-refractivity contribution in [1.29, 1.82) is 5.26 Å². The number of ether oxygens (including phenoxy) is 1. The Bertz CT molecular complexity index is 784. The van der Waals surface area contributed by atoms with Crippen LogP contribution in [0.3, 0.4) is 0 Å². The van der Waals surface area contributed by atoms with Gasteiger partial charge in [-0.1, -0.05) is 12.1 Å². The van der Waals surface area contributed by atoms with E-state index in [1.807, 2.05) is 6.07 Å². The highest BCUT2D eigenvalue weighted by Gasteiger charge is 2.11. The molecule has 2 aromatic carbocycles. The molecule has 0 aliphatic rings. The topological polar surface area (TPSA) is 117 Å². The Hall–Kier alpha value is -3.60. The Morgan fingerprint density at radius 1 is 1.16 bits per heavy atom. The van der Waals surface area contributed by atoms with Crippen LogP contribution in [-0.4, -0.2) is 30.5 Å². The van der Waals surface area contributed by atoms with E-state index in [-0.39, 0.29) is 18.2 Å². The highest BCUT2D eigenvalue weighted by atomic mass is 16.6. The van der Waals surface area contributed by atoms with Gasteiger partial charge in [-0.25, -0.2) is 0 Å². The van der Waals surface area contributed by atoms with Crippen LogP contribution in [0.2, 0.25) is 0 Å². The van der Waals surface area contributed by atoms with Gasteiger partial charge >= 0.3 is 0 Å². The van der Waals surface area contributed by atoms with Crippen LogP contribution >= 0.6 is 0 Å². The minimum absolute atomic E-state index is 0.0158. The minimum atomic E-state index is -0.466. The maximum Gasteiger partial charge on any atom is 0.292 e. The third-order valence-electron chi connectivity index (χ3n) is 3.22. The maximum absolute atomic E-state index is 11.7. The Morgan fingerprint density at radius 3 is 2.56 bits per heavy atom. The average Bonchev–Trinajstić information content (AvgIpc) is 2.64. The fourth-order valence-corrected chi connectivity index (χ4v) is 2.01. The van der Waals surface area contributed by atoms with Crippen LogP contribution in [0.15, 0.2) is 48.5 Å². The molecule has 25 heavy (non-hydrogen) atoms. The van der Waals surface area contributed by atoms with Gasteiger partial charge in [0.15, 0.2) is 6.61 Å². The second-order valence-corrected chi connectivity index (χ2v) is 4.98. The van der Waals surface area contributed by atoms with E-state index in [1.54, 1.807) is 42.5 Å². The van der Waals surface area contributed by atoms with Crippen molar-refractivity contribution in [3.8, 4) is 11.8 Å². The SMILES string of the molecule is N#Cc1ccc(OCC(=O)NCCNc2ccccc2[N+](=O)[O-])cc1. The maximum atomic E-state index is 11.7. The van der Waals surface area contributed by atoms with E-state index < -0.39 is 4.92 Å². The molecule has 0 fully saturated rings. The molecule has 8 nitrogen and oxygen atoms in total. The van der Waals surface area contributed by atoms with Crippen molar-refractivity contribution in [1.82, 2.24) is 5.32 Å². The van der Waals surface area contributed by atoms with Gasteiger partial charge in [0.1, 0.15) is 11.4 Å². The zero-order chi connectivity index (χ0) is 18.1. The van der Waals surface area contributed by atoms with Crippen molar-refractivity contribution in [3.05, 3.63) is 64.2 Å². The molecule has 0 aromatic heterocycles. The lowest BCUT2D eigenvalue weighted by Crippen LogP contribution is -2.32. The first-order chi connectivity index (χ1) is 12.1. The second kappa shape index (κ2) is 8.88. The normalized spacial score (nSPS) is 9.72. The van der Waals surface area contributed by atoms with E-state index in [0.29, 0.717) is 30.1 Å². The van der Waals surface area contributed by atoms with Crippen LogP contribution < -0.4 is 15.4 Å². The lowest BCUT2D eigenvalue weighted by atomic mass is 10.2. The predicted molar refractivity (Wildman–Crippen MR) is 91.2 cm³/mol. The highest BCUT2D eigenvalue weighted by Crippen LogP contribution is 2.22. The molecule has 0 atom stereocenters. The van der Waals surface area contributed by atoms with Crippen LogP contribution in [0, 0.1) is 21.4 Å². The van der Waals surface area contributed by atoms with E-state index in [9.17, 15) is 14.9 Å². The van der Waals surface area contributed by atoms with Crippen LogP contribution in [0.1, 0.15) is 5.56 Å². The largest absolute Gasteiger partial charge is 0.484 e. The van der Waals surface area contributed by atoms with Gasteiger partial charge in [-0.2, -0.15) is 5.26 Å². The third kappa shape index (κ3) is 5.51. The molecule has 0 spiro atoms. The van der Waals surface area contributed by atoms with E-state index >= 15 is 0 Å². The van der Waals surface area contributed by atoms with Crippen molar-refractivity contribution in [2.45, 2.75) is 0 Å². The molecule has 2 aromatic rings. The summed E-state index contributed by atoms with van der Waals surface area (Å²) in [7, 11) is 0. The lowest BCUT2D eigenvalue weighted by Gasteiger charge is -2.09. The summed E-state index contributed by atoms with van der Waals surface area (Å²) in [6.07, 6.45) is 0. The van der Waals surface area contributed by atoms with Gasteiger partial charge in [0.2, 0.25) is 0 Å². The second-order valence-electron chi connectivity index (χ2n) is 4.98. The number of hydrogen-bond donors (Lipinski definition) is 2. The fraction of sp³-hybridized carbons (Fsp3) is 0.176. The Balaban J connectivity index is 1.70. The van der Waals surface area contributed by atoms with Crippen molar-refractivity contribution < 1.29 is 14.5 Å². The van der Waals surface area contributed by atoms with Crippen molar-refractivity contribution in [3.63, 3.8) is 0 Å². The quantitative estimate of drug-likeness (QED) is 0.431. The van der Waals surface area contributed by atoms with E-state index in [4.69, 9.17) is 10.00 Å². The van der Waals surface area contributed by atoms with Crippen LogP contribution in [0.5, 0.6) is 5.75 Å². The molecule has 0 saturated heterocycles. The van der Waals surface area contributed by atoms with Gasteiger partial charge in [0.05, 0.1) is 16.6 Å². The number of carbonyl (C=O) groups excluding carboxylic acids is 1. The molecule has 0 radical (unpaired) electrons. The summed E-state index contributed by atoms with van der Waals surface area (Å²) < 4.78 is 5.30. The molecular weight excluding hydrogens is 324 g/mol. The van der Waals surface area contributed by atoms with Gasteiger partial charge in [0, 0.05) is 19.2 Å². The van der Waals surface area contributed by atoms with Crippen molar-refractivity contribution >= 4 is 17.3 Å². The summed E-state index contributed by atoms with van der Waals surface area (Å²) in [5.74, 6) is 0.181. The molecule has 2 N–H and O–H groups in total. The molecule has 0 saturated carbocycles. The molecule has 0 aliphatic carbocycles. The first-order valence-electron chi connectivity index (χ1n) is 7.47. The molecule has 0 heterocycles. The summed E-state index contributed by atoms with van der Waals surface area (Å²) >= 11 is 0. The van der Waals surface area contributed by atoms with Crippen LogP contribution in [0.4, 0.5) is 11.4 Å². The van der Waals surface area contributed by atoms with Crippen molar-refractivity contribution in [2.24, 2.45) is 0 Å². The number of para-hydroxylation sites is 2. The third-order valence-corrected chi connectivity index (χ3v) is 3.22. The monoisotopic (exact) mass is 340 g/mol. The standard InChI is InChI=1S/C17H16N4O4/c18-11-13-5-7-14(8-6-13)25-12-17(22)20-10-9-19-15-3-1-2-4-16(15)21(23)24/h1-8,19H,9-10,12H2,(H,20,22). The van der Waals surface area contributed by atoms with Gasteiger partial charge in [-0.15, -0.1) is 0 Å². The number of benzene rings is 2. The van der Waals surface area contributed by atoms with Gasteiger partial charge < -0.3 is 15.4 Å². The first kappa shape index (κ1) is 17.7. The summed E-state index contributed by atoms with van der Waals surface area (Å²) in [6, 6.07) is 14.7. The zero-order valence-corrected chi connectivity index (χ0v) is 13.3. The van der Waals surface area contributed by atoms with Gasteiger partial charge in [-0.05, 0) is 30.3 Å². The number of anilines is 1. The number of carbonyl (C=O) groups is 1. The van der Waals surface area contributed by atoms with E-state index in [1.165, 1.54) is 6.07 Å². The Kier molecular flexibility index (Phi) is 6.31. The summed E-state index contributed by atoms with van der Waals surface area (Å²) in [6.45, 7) is 0.479. The summed E-state index contributed by atoms with van der Waals surface area (Å²) in [4.78, 5) is 22.1. The molecule has 0 unspecified atom stereocenters.